The van der Waals surface area contributed by atoms with E-state index in [1.807, 2.05) is 6.92 Å². The standard InChI is InChI=1S/C12H22N2O5/c1-9(8-18-3)14(2)11(17)13-12(10(15)16)4-6-19-7-5-12/h9H,4-8H2,1-3H3,(H,13,17)(H,15,16). The maximum atomic E-state index is 12.1. The molecule has 19 heavy (non-hydrogen) atoms. The van der Waals surface area contributed by atoms with Crippen LogP contribution in [0, 0.1) is 0 Å². The number of hydrogen-bond acceptors (Lipinski definition) is 4. The second kappa shape index (κ2) is 6.72. The summed E-state index contributed by atoms with van der Waals surface area (Å²) >= 11 is 0. The predicted octanol–water partition coefficient (Wildman–Crippen LogP) is 0.297. The summed E-state index contributed by atoms with van der Waals surface area (Å²) in [5.74, 6) is -1.02. The Morgan fingerprint density at radius 1 is 1.47 bits per heavy atom. The Kier molecular flexibility index (Phi) is 5.56. The molecule has 7 heteroatoms. The van der Waals surface area contributed by atoms with Gasteiger partial charge in [-0.1, -0.05) is 0 Å². The van der Waals surface area contributed by atoms with Gasteiger partial charge in [0.05, 0.1) is 12.6 Å². The summed E-state index contributed by atoms with van der Waals surface area (Å²) in [5, 5.41) is 12.0. The smallest absolute Gasteiger partial charge is 0.329 e. The molecule has 1 unspecified atom stereocenters. The monoisotopic (exact) mass is 274 g/mol. The number of carbonyl (C=O) groups is 2. The summed E-state index contributed by atoms with van der Waals surface area (Å²) < 4.78 is 10.1. The minimum absolute atomic E-state index is 0.129. The first kappa shape index (κ1) is 15.7. The third kappa shape index (κ3) is 3.81. The summed E-state index contributed by atoms with van der Waals surface area (Å²) in [6.45, 7) is 2.90. The maximum absolute atomic E-state index is 12.1. The van der Waals surface area contributed by atoms with Gasteiger partial charge in [-0.3, -0.25) is 0 Å². The van der Waals surface area contributed by atoms with E-state index in [4.69, 9.17) is 9.47 Å². The van der Waals surface area contributed by atoms with E-state index >= 15 is 0 Å². The van der Waals surface area contributed by atoms with E-state index in [2.05, 4.69) is 5.32 Å². The van der Waals surface area contributed by atoms with Crippen LogP contribution in [-0.2, 0) is 14.3 Å². The second-order valence-corrected chi connectivity index (χ2v) is 4.85. The Morgan fingerprint density at radius 3 is 2.53 bits per heavy atom. The summed E-state index contributed by atoms with van der Waals surface area (Å²) in [6.07, 6.45) is 0.557. The van der Waals surface area contributed by atoms with Gasteiger partial charge >= 0.3 is 12.0 Å². The van der Waals surface area contributed by atoms with Crippen molar-refractivity contribution in [2.24, 2.45) is 0 Å². The fourth-order valence-corrected chi connectivity index (χ4v) is 1.96. The summed E-state index contributed by atoms with van der Waals surface area (Å²) in [6, 6.07) is -0.537. The van der Waals surface area contributed by atoms with Gasteiger partial charge in [0.15, 0.2) is 0 Å². The highest BCUT2D eigenvalue weighted by Crippen LogP contribution is 2.21. The molecule has 0 bridgehead atoms. The number of ether oxygens (including phenoxy) is 2. The second-order valence-electron chi connectivity index (χ2n) is 4.85. The highest BCUT2D eigenvalue weighted by Gasteiger charge is 2.42. The van der Waals surface area contributed by atoms with Crippen molar-refractivity contribution in [1.29, 1.82) is 0 Å². The lowest BCUT2D eigenvalue weighted by atomic mass is 9.90. The molecular formula is C12H22N2O5. The summed E-state index contributed by atoms with van der Waals surface area (Å²) in [7, 11) is 3.17. The fourth-order valence-electron chi connectivity index (χ4n) is 1.96. The quantitative estimate of drug-likeness (QED) is 0.752. The third-order valence-corrected chi connectivity index (χ3v) is 3.49. The average molecular weight is 274 g/mol. The summed E-state index contributed by atoms with van der Waals surface area (Å²) in [5.41, 5.74) is -1.23. The van der Waals surface area contributed by atoms with Gasteiger partial charge < -0.3 is 24.8 Å². The molecule has 1 atom stereocenters. The lowest BCUT2D eigenvalue weighted by Crippen LogP contribution is -2.60. The van der Waals surface area contributed by atoms with E-state index in [0.717, 1.165) is 0 Å². The van der Waals surface area contributed by atoms with Crippen LogP contribution in [0.15, 0.2) is 0 Å². The number of carboxylic acid groups (broad SMARTS) is 1. The van der Waals surface area contributed by atoms with Crippen molar-refractivity contribution >= 4 is 12.0 Å². The molecule has 0 radical (unpaired) electrons. The van der Waals surface area contributed by atoms with Gasteiger partial charge in [0.25, 0.3) is 0 Å². The minimum Gasteiger partial charge on any atom is -0.480 e. The van der Waals surface area contributed by atoms with Gasteiger partial charge in [0, 0.05) is 40.2 Å². The highest BCUT2D eigenvalue weighted by atomic mass is 16.5. The molecule has 1 rings (SSSR count). The predicted molar refractivity (Wildman–Crippen MR) is 68.1 cm³/mol. The molecule has 0 aromatic carbocycles. The number of likely N-dealkylation sites (N-methyl/N-ethyl adjacent to an activating group) is 1. The van der Waals surface area contributed by atoms with Crippen molar-refractivity contribution in [3.63, 3.8) is 0 Å². The molecule has 1 saturated heterocycles. The molecule has 7 nitrogen and oxygen atoms in total. The van der Waals surface area contributed by atoms with Crippen molar-refractivity contribution in [1.82, 2.24) is 10.2 Å². The third-order valence-electron chi connectivity index (χ3n) is 3.49. The topological polar surface area (TPSA) is 88.1 Å². The molecule has 0 aromatic heterocycles. The van der Waals surface area contributed by atoms with E-state index < -0.39 is 17.5 Å². The van der Waals surface area contributed by atoms with Crippen molar-refractivity contribution in [3.05, 3.63) is 0 Å². The number of urea groups is 1. The molecule has 1 aliphatic heterocycles. The lowest BCUT2D eigenvalue weighted by Gasteiger charge is -2.36. The van der Waals surface area contributed by atoms with Crippen LogP contribution in [0.1, 0.15) is 19.8 Å². The van der Waals surface area contributed by atoms with Gasteiger partial charge in [0.1, 0.15) is 5.54 Å². The number of carbonyl (C=O) groups excluding carboxylic acids is 1. The van der Waals surface area contributed by atoms with Gasteiger partial charge in [-0.15, -0.1) is 0 Å². The van der Waals surface area contributed by atoms with Crippen molar-refractivity contribution in [2.45, 2.75) is 31.3 Å². The van der Waals surface area contributed by atoms with Crippen LogP contribution < -0.4 is 5.32 Å². The highest BCUT2D eigenvalue weighted by molar-refractivity contribution is 5.86. The van der Waals surface area contributed by atoms with Crippen molar-refractivity contribution in [2.75, 3.05) is 34.0 Å². The largest absolute Gasteiger partial charge is 0.480 e. The zero-order valence-electron chi connectivity index (χ0n) is 11.6. The Morgan fingerprint density at radius 2 is 2.05 bits per heavy atom. The molecule has 2 N–H and O–H groups in total. The summed E-state index contributed by atoms with van der Waals surface area (Å²) in [4.78, 5) is 25.0. The van der Waals surface area contributed by atoms with E-state index in [1.54, 1.807) is 14.2 Å². The van der Waals surface area contributed by atoms with Gasteiger partial charge in [-0.25, -0.2) is 9.59 Å². The number of nitrogens with one attached hydrogen (secondary N) is 1. The average Bonchev–Trinajstić information content (AvgIpc) is 2.39. The number of hydrogen-bond donors (Lipinski definition) is 2. The molecule has 1 fully saturated rings. The van der Waals surface area contributed by atoms with E-state index in [0.29, 0.717) is 19.8 Å². The normalized spacial score (nSPS) is 19.5. The van der Waals surface area contributed by atoms with Crippen LogP contribution in [0.3, 0.4) is 0 Å². The number of aliphatic carboxylic acids is 1. The van der Waals surface area contributed by atoms with Crippen molar-refractivity contribution < 1.29 is 24.2 Å². The maximum Gasteiger partial charge on any atom is 0.329 e. The number of carboxylic acids is 1. The zero-order chi connectivity index (χ0) is 14.5. The first-order valence-corrected chi connectivity index (χ1v) is 6.28. The molecule has 2 amide bonds. The van der Waals surface area contributed by atoms with Gasteiger partial charge in [-0.2, -0.15) is 0 Å². The van der Waals surface area contributed by atoms with Crippen LogP contribution in [0.5, 0.6) is 0 Å². The van der Waals surface area contributed by atoms with E-state index in [-0.39, 0.29) is 18.9 Å². The zero-order valence-corrected chi connectivity index (χ0v) is 11.6. The molecule has 0 aliphatic carbocycles. The Labute approximate surface area is 112 Å². The van der Waals surface area contributed by atoms with Crippen LogP contribution in [0.25, 0.3) is 0 Å². The Hall–Kier alpha value is -1.34. The first-order chi connectivity index (χ1) is 8.93. The van der Waals surface area contributed by atoms with Crippen LogP contribution in [-0.4, -0.2) is 67.6 Å². The van der Waals surface area contributed by atoms with E-state index in [1.165, 1.54) is 4.90 Å². The van der Waals surface area contributed by atoms with Gasteiger partial charge in [-0.05, 0) is 6.92 Å². The molecule has 0 saturated carbocycles. The lowest BCUT2D eigenvalue weighted by molar-refractivity contribution is -0.148. The van der Waals surface area contributed by atoms with Crippen molar-refractivity contribution in [3.8, 4) is 0 Å². The molecule has 1 aliphatic rings. The van der Waals surface area contributed by atoms with Crippen LogP contribution >= 0.6 is 0 Å². The fraction of sp³-hybridized carbons (Fsp3) is 0.833. The van der Waals surface area contributed by atoms with Gasteiger partial charge in [0.2, 0.25) is 0 Å². The van der Waals surface area contributed by atoms with E-state index in [9.17, 15) is 14.7 Å². The Bertz CT molecular complexity index is 328. The number of methoxy groups -OCH3 is 1. The van der Waals surface area contributed by atoms with Crippen LogP contribution in [0.4, 0.5) is 4.79 Å². The van der Waals surface area contributed by atoms with Crippen LogP contribution in [0.2, 0.25) is 0 Å². The number of nitrogens with zero attached hydrogens (tertiary/aromatic N) is 1. The number of rotatable bonds is 5. The number of amides is 2. The molecule has 0 aromatic rings. The molecule has 1 heterocycles. The Balaban J connectivity index is 2.69. The molecular weight excluding hydrogens is 252 g/mol. The molecule has 110 valence electrons. The minimum atomic E-state index is -1.23. The molecule has 0 spiro atoms. The first-order valence-electron chi connectivity index (χ1n) is 6.28. The SMILES string of the molecule is COCC(C)N(C)C(=O)NC1(C(=O)O)CCOCC1.